The van der Waals surface area contributed by atoms with E-state index in [9.17, 15) is 4.79 Å². The molecule has 18 heavy (non-hydrogen) atoms. The molecule has 0 N–H and O–H groups in total. The zero-order valence-electron chi connectivity index (χ0n) is 10.2. The van der Waals surface area contributed by atoms with Crippen LogP contribution in [0.5, 0.6) is 0 Å². The maximum atomic E-state index is 12.7. The van der Waals surface area contributed by atoms with Gasteiger partial charge in [-0.25, -0.2) is 0 Å². The van der Waals surface area contributed by atoms with Gasteiger partial charge in [-0.05, 0) is 25.5 Å². The largest absolute Gasteiger partial charge is 0.292 e. The molecule has 0 radical (unpaired) electrons. The van der Waals surface area contributed by atoms with Gasteiger partial charge in [0, 0.05) is 27.1 Å². The van der Waals surface area contributed by atoms with Gasteiger partial charge < -0.3 is 0 Å². The molecule has 0 aliphatic carbocycles. The second kappa shape index (κ2) is 3.90. The number of ketones is 1. The summed E-state index contributed by atoms with van der Waals surface area (Å²) in [6.45, 7) is 2.06. The van der Waals surface area contributed by atoms with Crippen molar-refractivity contribution in [3.05, 3.63) is 34.7 Å². The molecule has 0 saturated carbocycles. The highest BCUT2D eigenvalue weighted by Crippen LogP contribution is 2.38. The van der Waals surface area contributed by atoms with E-state index in [1.807, 2.05) is 6.07 Å². The van der Waals surface area contributed by atoms with Crippen molar-refractivity contribution in [1.29, 1.82) is 0 Å². The molecule has 92 valence electrons. The fourth-order valence-electron chi connectivity index (χ4n) is 3.31. The first-order valence-corrected chi connectivity index (χ1v) is 7.45. The summed E-state index contributed by atoms with van der Waals surface area (Å²) in [6.07, 6.45) is 3.48. The number of rotatable bonds is 0. The highest BCUT2D eigenvalue weighted by Gasteiger charge is 2.37. The van der Waals surface area contributed by atoms with E-state index in [1.54, 1.807) is 11.3 Å². The van der Waals surface area contributed by atoms with E-state index >= 15 is 0 Å². The molecule has 0 amide bonds. The van der Waals surface area contributed by atoms with Crippen molar-refractivity contribution in [2.45, 2.75) is 31.8 Å². The van der Waals surface area contributed by atoms with Crippen LogP contribution in [0.4, 0.5) is 0 Å². The lowest BCUT2D eigenvalue weighted by Crippen LogP contribution is -2.47. The average molecular weight is 257 g/mol. The molecule has 1 aromatic heterocycles. The highest BCUT2D eigenvalue weighted by atomic mass is 32.1. The van der Waals surface area contributed by atoms with Gasteiger partial charge in [0.2, 0.25) is 0 Å². The molecule has 1 saturated heterocycles. The first-order chi connectivity index (χ1) is 8.84. The lowest BCUT2D eigenvalue weighted by atomic mass is 9.89. The maximum absolute atomic E-state index is 12.7. The average Bonchev–Trinajstić information content (AvgIpc) is 2.77. The van der Waals surface area contributed by atoms with Crippen molar-refractivity contribution in [2.24, 2.45) is 0 Å². The Morgan fingerprint density at radius 2 is 2.11 bits per heavy atom. The number of fused-ring (bicyclic) bond motifs is 4. The predicted octanol–water partition coefficient (Wildman–Crippen LogP) is 3.45. The number of hydrogen-bond acceptors (Lipinski definition) is 3. The van der Waals surface area contributed by atoms with Crippen molar-refractivity contribution >= 4 is 27.2 Å². The third-order valence-corrected chi connectivity index (χ3v) is 5.33. The molecule has 0 bridgehead atoms. The Hall–Kier alpha value is -1.19. The Morgan fingerprint density at radius 1 is 1.22 bits per heavy atom. The highest BCUT2D eigenvalue weighted by molar-refractivity contribution is 7.19. The van der Waals surface area contributed by atoms with Crippen LogP contribution in [0.3, 0.4) is 0 Å². The molecule has 1 fully saturated rings. The number of carbonyl (C=O) groups excluding carboxylic acids is 1. The number of nitrogens with zero attached hydrogens (tertiary/aromatic N) is 1. The van der Waals surface area contributed by atoms with Crippen LogP contribution in [-0.2, 0) is 6.54 Å². The second-order valence-electron chi connectivity index (χ2n) is 5.24. The smallest absolute Gasteiger partial charge is 0.181 e. The zero-order chi connectivity index (χ0) is 12.1. The fourth-order valence-corrected chi connectivity index (χ4v) is 4.54. The summed E-state index contributed by atoms with van der Waals surface area (Å²) in [6, 6.07) is 8.48. The SMILES string of the molecule is O=C1c2c(sc3ccccc23)CN2CCCCC12. The van der Waals surface area contributed by atoms with E-state index in [1.165, 1.54) is 27.8 Å². The summed E-state index contributed by atoms with van der Waals surface area (Å²) in [5.41, 5.74) is 1.03. The maximum Gasteiger partial charge on any atom is 0.181 e. The van der Waals surface area contributed by atoms with Gasteiger partial charge in [0.05, 0.1) is 6.04 Å². The second-order valence-corrected chi connectivity index (χ2v) is 6.38. The monoisotopic (exact) mass is 257 g/mol. The molecular weight excluding hydrogens is 242 g/mol. The van der Waals surface area contributed by atoms with Crippen molar-refractivity contribution in [3.8, 4) is 0 Å². The Labute approximate surface area is 110 Å². The van der Waals surface area contributed by atoms with E-state index in [2.05, 4.69) is 23.1 Å². The van der Waals surface area contributed by atoms with Crippen molar-refractivity contribution in [3.63, 3.8) is 0 Å². The standard InChI is InChI=1S/C15H15NOS/c17-15-11-6-3-4-8-16(11)9-13-14(15)10-5-1-2-7-12(10)18-13/h1-2,5,7,11H,3-4,6,8-9H2. The summed E-state index contributed by atoms with van der Waals surface area (Å²) in [4.78, 5) is 16.3. The minimum atomic E-state index is 0.157. The van der Waals surface area contributed by atoms with Gasteiger partial charge in [-0.2, -0.15) is 0 Å². The Morgan fingerprint density at radius 3 is 3.06 bits per heavy atom. The lowest BCUT2D eigenvalue weighted by Gasteiger charge is -2.37. The van der Waals surface area contributed by atoms with Crippen LogP contribution in [-0.4, -0.2) is 23.3 Å². The summed E-state index contributed by atoms with van der Waals surface area (Å²) >= 11 is 1.80. The Kier molecular flexibility index (Phi) is 2.32. The van der Waals surface area contributed by atoms with E-state index in [-0.39, 0.29) is 6.04 Å². The van der Waals surface area contributed by atoms with Crippen LogP contribution in [0.25, 0.3) is 10.1 Å². The predicted molar refractivity (Wildman–Crippen MR) is 74.2 cm³/mol. The molecule has 2 aliphatic heterocycles. The normalized spacial score (nSPS) is 24.0. The van der Waals surface area contributed by atoms with Gasteiger partial charge in [-0.3, -0.25) is 9.69 Å². The molecule has 4 rings (SSSR count). The van der Waals surface area contributed by atoms with Crippen molar-refractivity contribution in [2.75, 3.05) is 6.54 Å². The minimum Gasteiger partial charge on any atom is -0.292 e. The number of hydrogen-bond donors (Lipinski definition) is 0. The first-order valence-electron chi connectivity index (χ1n) is 6.63. The van der Waals surface area contributed by atoms with Crippen molar-refractivity contribution in [1.82, 2.24) is 4.90 Å². The fraction of sp³-hybridized carbons (Fsp3) is 0.400. The molecule has 3 heterocycles. The number of thiophene rings is 1. The molecule has 1 unspecified atom stereocenters. The van der Waals surface area contributed by atoms with Gasteiger partial charge in [0.15, 0.2) is 5.78 Å². The quantitative estimate of drug-likeness (QED) is 0.720. The summed E-state index contributed by atoms with van der Waals surface area (Å²) in [5, 5.41) is 1.17. The third kappa shape index (κ3) is 1.41. The molecule has 1 aromatic carbocycles. The van der Waals surface area contributed by atoms with Gasteiger partial charge in [0.1, 0.15) is 0 Å². The Balaban J connectivity index is 1.91. The summed E-state index contributed by atoms with van der Waals surface area (Å²) in [7, 11) is 0. The van der Waals surface area contributed by atoms with Gasteiger partial charge >= 0.3 is 0 Å². The summed E-state index contributed by atoms with van der Waals surface area (Å²) < 4.78 is 1.26. The van der Waals surface area contributed by atoms with Crippen LogP contribution >= 0.6 is 11.3 Å². The van der Waals surface area contributed by atoms with E-state index in [0.717, 1.165) is 25.1 Å². The van der Waals surface area contributed by atoms with Gasteiger partial charge in [-0.1, -0.05) is 24.6 Å². The van der Waals surface area contributed by atoms with Crippen molar-refractivity contribution < 1.29 is 4.79 Å². The van der Waals surface area contributed by atoms with E-state index in [4.69, 9.17) is 0 Å². The number of carbonyl (C=O) groups is 1. The summed E-state index contributed by atoms with van der Waals surface area (Å²) in [5.74, 6) is 0.369. The molecule has 2 aromatic rings. The zero-order valence-corrected chi connectivity index (χ0v) is 11.0. The number of benzene rings is 1. The van der Waals surface area contributed by atoms with Gasteiger partial charge in [0.25, 0.3) is 0 Å². The first kappa shape index (κ1) is 10.7. The van der Waals surface area contributed by atoms with E-state index in [0.29, 0.717) is 5.78 Å². The topological polar surface area (TPSA) is 20.3 Å². The molecular formula is C15H15NOS. The molecule has 3 heteroatoms. The minimum absolute atomic E-state index is 0.157. The number of piperidine rings is 1. The van der Waals surface area contributed by atoms with Crippen LogP contribution in [0, 0.1) is 0 Å². The molecule has 1 atom stereocenters. The molecule has 2 aliphatic rings. The Bertz CT molecular complexity index is 630. The molecule has 2 nitrogen and oxygen atoms in total. The van der Waals surface area contributed by atoms with Crippen LogP contribution in [0.15, 0.2) is 24.3 Å². The molecule has 0 spiro atoms. The van der Waals surface area contributed by atoms with Gasteiger partial charge in [-0.15, -0.1) is 11.3 Å². The third-order valence-electron chi connectivity index (χ3n) is 4.18. The number of Topliss-reactive ketones (excluding diaryl/α,β-unsaturated/α-hetero) is 1. The van der Waals surface area contributed by atoms with Crippen LogP contribution in [0.2, 0.25) is 0 Å². The lowest BCUT2D eigenvalue weighted by molar-refractivity contribution is 0.0693. The van der Waals surface area contributed by atoms with E-state index < -0.39 is 0 Å². The van der Waals surface area contributed by atoms with Crippen LogP contribution in [0.1, 0.15) is 34.5 Å². The van der Waals surface area contributed by atoms with Crippen LogP contribution < -0.4 is 0 Å².